The molecule has 2 aromatic carbocycles. The van der Waals surface area contributed by atoms with E-state index in [-0.39, 0.29) is 18.2 Å². The molecule has 1 atom stereocenters. The van der Waals surface area contributed by atoms with Crippen LogP contribution in [-0.4, -0.2) is 29.8 Å². The van der Waals surface area contributed by atoms with Crippen LogP contribution in [0.4, 0.5) is 4.39 Å². The Hall–Kier alpha value is -2.69. The molecule has 132 valence electrons. The quantitative estimate of drug-likeness (QED) is 0.878. The highest BCUT2D eigenvalue weighted by molar-refractivity contribution is 5.88. The van der Waals surface area contributed by atoms with Crippen molar-refractivity contribution in [1.29, 1.82) is 0 Å². The Morgan fingerprint density at radius 3 is 2.36 bits per heavy atom. The number of nitrogens with one attached hydrogen (secondary N) is 1. The fourth-order valence-electron chi connectivity index (χ4n) is 2.59. The van der Waals surface area contributed by atoms with Crippen LogP contribution in [-0.2, 0) is 22.6 Å². The lowest BCUT2D eigenvalue weighted by Gasteiger charge is -2.28. The fraction of sp³-hybridized carbons (Fsp3) is 0.300. The average Bonchev–Trinajstić information content (AvgIpc) is 2.61. The number of hydrogen-bond acceptors (Lipinski definition) is 2. The zero-order valence-electron chi connectivity index (χ0n) is 14.8. The molecular weight excluding hydrogens is 319 g/mol. The maximum Gasteiger partial charge on any atom is 0.242 e. The Labute approximate surface area is 147 Å². The highest BCUT2D eigenvalue weighted by Gasteiger charge is 2.26. The predicted octanol–water partition coefficient (Wildman–Crippen LogP) is 2.84. The number of carbonyl (C=O) groups is 2. The first-order chi connectivity index (χ1) is 11.9. The summed E-state index contributed by atoms with van der Waals surface area (Å²) in [5.74, 6) is -0.963. The number of nitrogens with zero attached hydrogens (tertiary/aromatic N) is 1. The second kappa shape index (κ2) is 8.42. The van der Waals surface area contributed by atoms with Crippen LogP contribution in [0.5, 0.6) is 0 Å². The number of aryl methyl sites for hydroxylation is 1. The first-order valence-corrected chi connectivity index (χ1v) is 8.22. The van der Waals surface area contributed by atoms with E-state index in [2.05, 4.69) is 5.32 Å². The number of benzene rings is 2. The molecule has 0 saturated carbocycles. The van der Waals surface area contributed by atoms with Gasteiger partial charge < -0.3 is 10.2 Å². The molecule has 0 aliphatic heterocycles. The summed E-state index contributed by atoms with van der Waals surface area (Å²) in [4.78, 5) is 26.3. The summed E-state index contributed by atoms with van der Waals surface area (Å²) in [6.45, 7) is 3.95. The van der Waals surface area contributed by atoms with Crippen LogP contribution in [0.25, 0.3) is 0 Å². The van der Waals surface area contributed by atoms with Crippen molar-refractivity contribution in [2.75, 3.05) is 7.05 Å². The molecule has 2 rings (SSSR count). The second-order valence-corrected chi connectivity index (χ2v) is 6.07. The van der Waals surface area contributed by atoms with Crippen molar-refractivity contribution >= 4 is 11.8 Å². The molecule has 0 heterocycles. The number of hydrogen-bond donors (Lipinski definition) is 1. The van der Waals surface area contributed by atoms with Gasteiger partial charge in [-0.25, -0.2) is 4.39 Å². The summed E-state index contributed by atoms with van der Waals surface area (Å²) >= 11 is 0. The van der Waals surface area contributed by atoms with Crippen molar-refractivity contribution in [1.82, 2.24) is 10.2 Å². The van der Waals surface area contributed by atoms with Crippen molar-refractivity contribution < 1.29 is 14.0 Å². The molecule has 0 aromatic heterocycles. The maximum absolute atomic E-state index is 13.9. The molecule has 1 unspecified atom stereocenters. The maximum atomic E-state index is 13.9. The summed E-state index contributed by atoms with van der Waals surface area (Å²) in [6.07, 6.45) is -0.0835. The second-order valence-electron chi connectivity index (χ2n) is 6.07. The van der Waals surface area contributed by atoms with Gasteiger partial charge in [-0.2, -0.15) is 0 Å². The summed E-state index contributed by atoms with van der Waals surface area (Å²) in [5.41, 5.74) is 2.36. The van der Waals surface area contributed by atoms with E-state index in [1.165, 1.54) is 18.0 Å². The van der Waals surface area contributed by atoms with Gasteiger partial charge in [-0.05, 0) is 31.0 Å². The van der Waals surface area contributed by atoms with Crippen LogP contribution in [0.3, 0.4) is 0 Å². The molecule has 0 aliphatic carbocycles. The number of rotatable bonds is 6. The Morgan fingerprint density at radius 1 is 1.12 bits per heavy atom. The van der Waals surface area contributed by atoms with E-state index in [1.54, 1.807) is 25.1 Å². The Morgan fingerprint density at radius 2 is 1.76 bits per heavy atom. The fourth-order valence-corrected chi connectivity index (χ4v) is 2.59. The van der Waals surface area contributed by atoms with E-state index in [1.807, 2.05) is 31.2 Å². The highest BCUT2D eigenvalue weighted by atomic mass is 19.1. The summed E-state index contributed by atoms with van der Waals surface area (Å²) in [5, 5.41) is 2.56. The SMILES string of the molecule is CNC(=O)C(C)N(Cc1ccc(C)cc1)C(=O)Cc1ccccc1F. The van der Waals surface area contributed by atoms with Gasteiger partial charge >= 0.3 is 0 Å². The third-order valence-electron chi connectivity index (χ3n) is 4.19. The van der Waals surface area contributed by atoms with Crippen LogP contribution in [0, 0.1) is 12.7 Å². The minimum absolute atomic E-state index is 0.0835. The first-order valence-electron chi connectivity index (χ1n) is 8.22. The van der Waals surface area contributed by atoms with E-state index in [9.17, 15) is 14.0 Å². The Bertz CT molecular complexity index is 744. The van der Waals surface area contributed by atoms with Gasteiger partial charge in [0.2, 0.25) is 11.8 Å². The third-order valence-corrected chi connectivity index (χ3v) is 4.19. The van der Waals surface area contributed by atoms with Gasteiger partial charge in [0.15, 0.2) is 0 Å². The molecule has 2 amide bonds. The van der Waals surface area contributed by atoms with E-state index in [4.69, 9.17) is 0 Å². The standard InChI is InChI=1S/C20H23FN2O2/c1-14-8-10-16(11-9-14)13-23(15(2)20(25)22-3)19(24)12-17-6-4-5-7-18(17)21/h4-11,15H,12-13H2,1-3H3,(H,22,25). The molecule has 0 radical (unpaired) electrons. The van der Waals surface area contributed by atoms with E-state index in [0.717, 1.165) is 11.1 Å². The smallest absolute Gasteiger partial charge is 0.242 e. The monoisotopic (exact) mass is 342 g/mol. The number of carbonyl (C=O) groups excluding carboxylic acids is 2. The summed E-state index contributed by atoms with van der Waals surface area (Å²) < 4.78 is 13.9. The van der Waals surface area contributed by atoms with Crippen molar-refractivity contribution in [2.45, 2.75) is 32.9 Å². The van der Waals surface area contributed by atoms with Crippen LogP contribution in [0.15, 0.2) is 48.5 Å². The van der Waals surface area contributed by atoms with E-state index in [0.29, 0.717) is 12.1 Å². The molecule has 4 nitrogen and oxygen atoms in total. The zero-order valence-corrected chi connectivity index (χ0v) is 14.8. The molecular formula is C20H23FN2O2. The van der Waals surface area contributed by atoms with E-state index < -0.39 is 11.9 Å². The molecule has 5 heteroatoms. The highest BCUT2D eigenvalue weighted by Crippen LogP contribution is 2.14. The van der Waals surface area contributed by atoms with Gasteiger partial charge in [0, 0.05) is 13.6 Å². The van der Waals surface area contributed by atoms with Crippen molar-refractivity contribution in [2.24, 2.45) is 0 Å². The topological polar surface area (TPSA) is 49.4 Å². The molecule has 0 spiro atoms. The third kappa shape index (κ3) is 4.89. The van der Waals surface area contributed by atoms with Crippen LogP contribution in [0.1, 0.15) is 23.6 Å². The lowest BCUT2D eigenvalue weighted by Crippen LogP contribution is -2.47. The number of amides is 2. The van der Waals surface area contributed by atoms with Crippen LogP contribution in [0.2, 0.25) is 0 Å². The molecule has 0 bridgehead atoms. The molecule has 1 N–H and O–H groups in total. The van der Waals surface area contributed by atoms with Gasteiger partial charge in [0.1, 0.15) is 11.9 Å². The minimum Gasteiger partial charge on any atom is -0.357 e. The van der Waals surface area contributed by atoms with E-state index >= 15 is 0 Å². The summed E-state index contributed by atoms with van der Waals surface area (Å²) in [7, 11) is 1.53. The molecule has 0 fully saturated rings. The van der Waals surface area contributed by atoms with Crippen LogP contribution >= 0.6 is 0 Å². The first kappa shape index (κ1) is 18.6. The average molecular weight is 342 g/mol. The molecule has 0 aliphatic rings. The normalized spacial score (nSPS) is 11.7. The van der Waals surface area contributed by atoms with Gasteiger partial charge in [-0.15, -0.1) is 0 Å². The van der Waals surface area contributed by atoms with Crippen molar-refractivity contribution in [3.8, 4) is 0 Å². The molecule has 0 saturated heterocycles. The largest absolute Gasteiger partial charge is 0.357 e. The Kier molecular flexibility index (Phi) is 6.28. The van der Waals surface area contributed by atoms with Gasteiger partial charge in [0.25, 0.3) is 0 Å². The predicted molar refractivity (Wildman–Crippen MR) is 95.4 cm³/mol. The van der Waals surface area contributed by atoms with Gasteiger partial charge in [-0.1, -0.05) is 48.0 Å². The zero-order chi connectivity index (χ0) is 18.4. The lowest BCUT2D eigenvalue weighted by molar-refractivity contribution is -0.139. The van der Waals surface area contributed by atoms with Crippen molar-refractivity contribution in [3.63, 3.8) is 0 Å². The molecule has 2 aromatic rings. The lowest BCUT2D eigenvalue weighted by atomic mass is 10.1. The summed E-state index contributed by atoms with van der Waals surface area (Å²) in [6, 6.07) is 13.3. The number of halogens is 1. The van der Waals surface area contributed by atoms with Crippen molar-refractivity contribution in [3.05, 3.63) is 71.0 Å². The van der Waals surface area contributed by atoms with Crippen LogP contribution < -0.4 is 5.32 Å². The molecule has 25 heavy (non-hydrogen) atoms. The number of likely N-dealkylation sites (N-methyl/N-ethyl adjacent to an activating group) is 1. The van der Waals surface area contributed by atoms with Gasteiger partial charge in [-0.3, -0.25) is 9.59 Å². The minimum atomic E-state index is -0.648. The Balaban J connectivity index is 2.23. The van der Waals surface area contributed by atoms with Gasteiger partial charge in [0.05, 0.1) is 6.42 Å².